The zero-order valence-electron chi connectivity index (χ0n) is 18.8. The van der Waals surface area contributed by atoms with Gasteiger partial charge in [0.1, 0.15) is 5.58 Å². The normalized spacial score (nSPS) is 14.3. The first-order valence-electron chi connectivity index (χ1n) is 11.4. The smallest absolute Gasteiger partial charge is 0.375 e. The summed E-state index contributed by atoms with van der Waals surface area (Å²) < 4.78 is 16.9. The quantitative estimate of drug-likeness (QED) is 0.158. The van der Waals surface area contributed by atoms with Crippen molar-refractivity contribution in [2.45, 2.75) is 49.7 Å². The van der Waals surface area contributed by atoms with E-state index < -0.39 is 10.9 Å². The Morgan fingerprint density at radius 2 is 1.83 bits per heavy atom. The molecule has 0 atom stereocenters. The third-order valence-electron chi connectivity index (χ3n) is 6.02. The zero-order valence-corrected chi connectivity index (χ0v) is 19.7. The Bertz CT molecular complexity index is 1340. The van der Waals surface area contributed by atoms with Crippen molar-refractivity contribution in [2.75, 3.05) is 0 Å². The Kier molecular flexibility index (Phi) is 6.80. The lowest BCUT2D eigenvalue weighted by Crippen LogP contribution is -2.10. The van der Waals surface area contributed by atoms with E-state index in [1.807, 2.05) is 36.0 Å². The molecule has 1 aliphatic carbocycles. The largest absolute Gasteiger partial charge is 0.450 e. The fourth-order valence-corrected chi connectivity index (χ4v) is 5.54. The second-order valence-corrected chi connectivity index (χ2v) is 9.65. The minimum absolute atomic E-state index is 0.0364. The number of nitro groups is 1. The van der Waals surface area contributed by atoms with E-state index in [2.05, 4.69) is 10.2 Å². The third-order valence-corrected chi connectivity index (χ3v) is 7.42. The van der Waals surface area contributed by atoms with Crippen LogP contribution in [0.25, 0.3) is 22.4 Å². The molecule has 4 aromatic rings. The van der Waals surface area contributed by atoms with Gasteiger partial charge in [-0.15, -0.1) is 10.2 Å². The van der Waals surface area contributed by atoms with Crippen LogP contribution in [-0.2, 0) is 17.1 Å². The molecule has 9 nitrogen and oxygen atoms in total. The first kappa shape index (κ1) is 23.1. The Morgan fingerprint density at radius 1 is 1.06 bits per heavy atom. The highest BCUT2D eigenvalue weighted by Gasteiger charge is 2.24. The molecule has 1 aliphatic rings. The van der Waals surface area contributed by atoms with Crippen LogP contribution in [0.2, 0.25) is 0 Å². The predicted molar refractivity (Wildman–Crippen MR) is 130 cm³/mol. The maximum absolute atomic E-state index is 13.0. The van der Waals surface area contributed by atoms with Crippen LogP contribution in [0.15, 0.2) is 57.4 Å². The second kappa shape index (κ2) is 10.3. The summed E-state index contributed by atoms with van der Waals surface area (Å²) in [7, 11) is 0. The first-order chi connectivity index (χ1) is 17.1. The van der Waals surface area contributed by atoms with Gasteiger partial charge in [0, 0.05) is 39.6 Å². The van der Waals surface area contributed by atoms with Gasteiger partial charge in [-0.25, -0.2) is 4.79 Å². The van der Waals surface area contributed by atoms with Gasteiger partial charge in [0.25, 0.3) is 11.6 Å². The molecule has 0 N–H and O–H groups in total. The molecule has 1 saturated carbocycles. The minimum atomic E-state index is -0.587. The molecule has 1 fully saturated rings. The summed E-state index contributed by atoms with van der Waals surface area (Å²) in [5, 5.41) is 20.2. The second-order valence-electron chi connectivity index (χ2n) is 8.36. The molecule has 180 valence electrons. The number of hydrogen-bond acceptors (Lipinski definition) is 9. The van der Waals surface area contributed by atoms with Crippen molar-refractivity contribution in [1.29, 1.82) is 0 Å². The number of thioether (sulfide) groups is 1. The Balaban J connectivity index is 1.28. The van der Waals surface area contributed by atoms with Crippen molar-refractivity contribution < 1.29 is 23.3 Å². The molecule has 0 bridgehead atoms. The van der Waals surface area contributed by atoms with Crippen LogP contribution in [0.5, 0.6) is 0 Å². The number of fused-ring (bicyclic) bond motifs is 1. The number of carbonyl (C=O) groups is 1. The van der Waals surface area contributed by atoms with Gasteiger partial charge >= 0.3 is 5.97 Å². The number of rotatable bonds is 8. The Labute approximate surface area is 205 Å². The lowest BCUT2D eigenvalue weighted by molar-refractivity contribution is -0.384. The molecule has 0 aliphatic heterocycles. The topological polar surface area (TPSA) is 122 Å². The lowest BCUT2D eigenvalue weighted by atomic mass is 10.0. The number of carbonyl (C=O) groups excluding carboxylic acids is 1. The molecule has 10 heteroatoms. The Morgan fingerprint density at radius 3 is 2.60 bits per heavy atom. The lowest BCUT2D eigenvalue weighted by Gasteiger charge is -2.20. The summed E-state index contributed by atoms with van der Waals surface area (Å²) >= 11 is 1.87. The van der Waals surface area contributed by atoms with E-state index in [-0.39, 0.29) is 29.8 Å². The van der Waals surface area contributed by atoms with E-state index >= 15 is 0 Å². The van der Waals surface area contributed by atoms with E-state index in [4.69, 9.17) is 13.6 Å². The van der Waals surface area contributed by atoms with Crippen molar-refractivity contribution >= 4 is 34.4 Å². The van der Waals surface area contributed by atoms with Crippen molar-refractivity contribution in [2.24, 2.45) is 0 Å². The average Bonchev–Trinajstić information content (AvgIpc) is 3.52. The highest BCUT2D eigenvalue weighted by molar-refractivity contribution is 7.99. The first-order valence-corrected chi connectivity index (χ1v) is 12.5. The average molecular weight is 494 g/mol. The van der Waals surface area contributed by atoms with E-state index in [1.165, 1.54) is 56.4 Å². The summed E-state index contributed by atoms with van der Waals surface area (Å²) in [5.74, 6) is 0.581. The summed E-state index contributed by atoms with van der Waals surface area (Å²) in [4.78, 5) is 23.3. The van der Waals surface area contributed by atoms with Gasteiger partial charge in [0.2, 0.25) is 11.7 Å². The molecular weight excluding hydrogens is 470 g/mol. The van der Waals surface area contributed by atoms with Gasteiger partial charge in [-0.3, -0.25) is 10.1 Å². The summed E-state index contributed by atoms with van der Waals surface area (Å²) in [5.41, 5.74) is 1.99. The monoisotopic (exact) mass is 493 g/mol. The number of ether oxygens (including phenoxy) is 1. The van der Waals surface area contributed by atoms with E-state index in [0.717, 1.165) is 10.9 Å². The number of aromatic nitrogens is 2. The predicted octanol–water partition coefficient (Wildman–Crippen LogP) is 6.31. The van der Waals surface area contributed by atoms with Crippen molar-refractivity contribution in [3.8, 4) is 11.5 Å². The molecule has 0 spiro atoms. The van der Waals surface area contributed by atoms with Crippen LogP contribution in [-0.4, -0.2) is 26.3 Å². The number of non-ortho nitro benzene ring substituents is 1. The van der Waals surface area contributed by atoms with E-state index in [1.54, 1.807) is 0 Å². The fraction of sp³-hybridized carbons (Fsp3) is 0.320. The van der Waals surface area contributed by atoms with Crippen LogP contribution in [0.4, 0.5) is 5.69 Å². The number of nitrogens with zero attached hydrogens (tertiary/aromatic N) is 3. The Hall–Kier alpha value is -3.66. The summed E-state index contributed by atoms with van der Waals surface area (Å²) in [6.07, 6.45) is 6.21. The number of nitro benzene ring substituents is 1. The van der Waals surface area contributed by atoms with Crippen molar-refractivity contribution in [1.82, 2.24) is 10.2 Å². The van der Waals surface area contributed by atoms with Gasteiger partial charge in [0.15, 0.2) is 6.61 Å². The van der Waals surface area contributed by atoms with Gasteiger partial charge in [-0.05, 0) is 31.0 Å². The minimum Gasteiger partial charge on any atom is -0.450 e. The number of hydrogen-bond donors (Lipinski definition) is 0. The number of esters is 1. The molecule has 2 aromatic carbocycles. The molecule has 0 unspecified atom stereocenters. The summed E-state index contributed by atoms with van der Waals surface area (Å²) in [6, 6.07) is 13.4. The standard InChI is InChI=1S/C25H23N3O6S/c29-25(32-14-22-26-27-24(34-22)16-10-12-17(13-11-16)28(30)31)23-20(15-35-18-6-2-1-3-7-18)19-8-4-5-9-21(19)33-23/h4-5,8-13,18H,1-3,6-7,14-15H2. The van der Waals surface area contributed by atoms with Crippen LogP contribution >= 0.6 is 11.8 Å². The molecule has 35 heavy (non-hydrogen) atoms. The number of benzene rings is 2. The van der Waals surface area contributed by atoms with Gasteiger partial charge in [-0.1, -0.05) is 37.5 Å². The SMILES string of the molecule is O=C(OCc1nnc(-c2ccc([N+](=O)[O-])cc2)o1)c1oc2ccccc2c1CSC1CCCCC1. The molecule has 0 saturated heterocycles. The molecule has 0 radical (unpaired) electrons. The van der Waals surface area contributed by atoms with Crippen LogP contribution in [0, 0.1) is 10.1 Å². The summed E-state index contributed by atoms with van der Waals surface area (Å²) in [6.45, 7) is -0.217. The van der Waals surface area contributed by atoms with Crippen LogP contribution in [0.3, 0.4) is 0 Å². The fourth-order valence-electron chi connectivity index (χ4n) is 4.19. The highest BCUT2D eigenvalue weighted by Crippen LogP contribution is 2.35. The molecule has 0 amide bonds. The third kappa shape index (κ3) is 5.22. The highest BCUT2D eigenvalue weighted by atomic mass is 32.2. The maximum Gasteiger partial charge on any atom is 0.375 e. The van der Waals surface area contributed by atoms with Crippen LogP contribution in [0.1, 0.15) is 54.1 Å². The molecular formula is C25H23N3O6S. The molecule has 2 heterocycles. The molecule has 5 rings (SSSR count). The van der Waals surface area contributed by atoms with Gasteiger partial charge in [0.05, 0.1) is 4.92 Å². The maximum atomic E-state index is 13.0. The van der Waals surface area contributed by atoms with Gasteiger partial charge < -0.3 is 13.6 Å². The number of furan rings is 1. The van der Waals surface area contributed by atoms with Gasteiger partial charge in [-0.2, -0.15) is 11.8 Å². The molecule has 2 aromatic heterocycles. The zero-order chi connectivity index (χ0) is 24.2. The van der Waals surface area contributed by atoms with E-state index in [9.17, 15) is 14.9 Å². The number of para-hydroxylation sites is 1. The van der Waals surface area contributed by atoms with Crippen molar-refractivity contribution in [3.63, 3.8) is 0 Å². The van der Waals surface area contributed by atoms with Crippen molar-refractivity contribution in [3.05, 3.63) is 75.9 Å². The van der Waals surface area contributed by atoms with E-state index in [0.29, 0.717) is 22.1 Å². The van der Waals surface area contributed by atoms with Crippen LogP contribution < -0.4 is 0 Å².